The van der Waals surface area contributed by atoms with Gasteiger partial charge in [-0.05, 0) is 36.4 Å². The zero-order valence-electron chi connectivity index (χ0n) is 20.9. The topological polar surface area (TPSA) is 35.9 Å². The molecule has 6 aromatic carbocycles. The van der Waals surface area contributed by atoms with Gasteiger partial charge in [-0.1, -0.05) is 78.9 Å². The van der Waals surface area contributed by atoms with Crippen LogP contribution in [0.25, 0.3) is 76.9 Å². The lowest BCUT2D eigenvalue weighted by Gasteiger charge is -2.12. The van der Waals surface area contributed by atoms with E-state index in [-0.39, 0.29) is 0 Å². The van der Waals surface area contributed by atoms with Crippen LogP contribution in [0.3, 0.4) is 0 Å². The van der Waals surface area contributed by atoms with Crippen LogP contribution in [-0.2, 0) is 0 Å². The Balaban J connectivity index is 1.50. The van der Waals surface area contributed by atoms with Crippen LogP contribution in [0.15, 0.2) is 132 Å². The van der Waals surface area contributed by atoms with Crippen LogP contribution < -0.4 is 0 Å². The molecule has 9 rings (SSSR count). The number of hydrogen-bond acceptors (Lipinski definition) is 2. The van der Waals surface area contributed by atoms with Crippen molar-refractivity contribution in [3.8, 4) is 11.4 Å². The highest BCUT2D eigenvalue weighted by atomic mass is 16.3. The number of nitrogens with zero attached hydrogens (tertiary/aromatic N) is 3. The fraction of sp³-hybridized carbons (Fsp3) is 0. The third-order valence-electron chi connectivity index (χ3n) is 8.05. The van der Waals surface area contributed by atoms with Crippen LogP contribution in [0.4, 0.5) is 0 Å². The first-order valence-corrected chi connectivity index (χ1v) is 13.1. The first kappa shape index (κ1) is 20.7. The zero-order chi connectivity index (χ0) is 25.5. The van der Waals surface area contributed by atoms with Gasteiger partial charge in [0.05, 0.1) is 27.8 Å². The van der Waals surface area contributed by atoms with Gasteiger partial charge in [-0.15, -0.1) is 0 Å². The molecule has 182 valence electrons. The van der Waals surface area contributed by atoms with Gasteiger partial charge in [0.25, 0.3) is 0 Å². The maximum absolute atomic E-state index is 5.70. The Kier molecular flexibility index (Phi) is 4.02. The van der Waals surface area contributed by atoms with Gasteiger partial charge in [-0.2, -0.15) is 0 Å². The van der Waals surface area contributed by atoms with Crippen LogP contribution in [0.5, 0.6) is 0 Å². The molecular weight excluding hydrogens is 478 g/mol. The quantitative estimate of drug-likeness (QED) is 0.238. The molecule has 4 heteroatoms. The second-order valence-corrected chi connectivity index (χ2v) is 10.1. The van der Waals surface area contributed by atoms with E-state index in [0.29, 0.717) is 0 Å². The standard InChI is InChI=1S/C35H21N3O/c1-2-8-22(9-3-1)37-31-12-6-4-10-24(31)26-15-18-29-28(34(26)37)17-16-27-25-11-5-7-13-32(25)38(35(27)29)23-14-19-30-33(20-23)39-21-36-30/h1-21H. The molecule has 0 bridgehead atoms. The second-order valence-electron chi connectivity index (χ2n) is 10.1. The van der Waals surface area contributed by atoms with Crippen LogP contribution in [0.1, 0.15) is 0 Å². The van der Waals surface area contributed by atoms with E-state index in [1.807, 2.05) is 6.07 Å². The van der Waals surface area contributed by atoms with Crippen molar-refractivity contribution in [2.24, 2.45) is 0 Å². The largest absolute Gasteiger partial charge is 0.443 e. The molecular formula is C35H21N3O. The molecule has 4 nitrogen and oxygen atoms in total. The van der Waals surface area contributed by atoms with E-state index in [1.54, 1.807) is 0 Å². The normalized spacial score (nSPS) is 12.1. The first-order valence-electron chi connectivity index (χ1n) is 13.1. The molecule has 0 aliphatic heterocycles. The van der Waals surface area contributed by atoms with Gasteiger partial charge in [0.2, 0.25) is 0 Å². The molecule has 39 heavy (non-hydrogen) atoms. The predicted molar refractivity (Wildman–Crippen MR) is 160 cm³/mol. The van der Waals surface area contributed by atoms with E-state index < -0.39 is 0 Å². The summed E-state index contributed by atoms with van der Waals surface area (Å²) in [6, 6.07) is 43.4. The van der Waals surface area contributed by atoms with Crippen molar-refractivity contribution in [3.63, 3.8) is 0 Å². The Morgan fingerprint density at radius 1 is 0.462 bits per heavy atom. The molecule has 0 N–H and O–H groups in total. The predicted octanol–water partition coefficient (Wildman–Crippen LogP) is 9.18. The lowest BCUT2D eigenvalue weighted by molar-refractivity contribution is 0.602. The summed E-state index contributed by atoms with van der Waals surface area (Å²) in [7, 11) is 0. The smallest absolute Gasteiger partial charge is 0.181 e. The van der Waals surface area contributed by atoms with E-state index >= 15 is 0 Å². The second kappa shape index (κ2) is 7.59. The molecule has 0 atom stereocenters. The molecule has 0 saturated heterocycles. The summed E-state index contributed by atoms with van der Waals surface area (Å²) < 4.78 is 10.5. The Hall–Kier alpha value is -5.35. The molecule has 0 radical (unpaired) electrons. The van der Waals surface area contributed by atoms with Crippen LogP contribution in [0, 0.1) is 0 Å². The Bertz CT molecular complexity index is 2390. The van der Waals surface area contributed by atoms with Crippen molar-refractivity contribution in [2.45, 2.75) is 0 Å². The summed E-state index contributed by atoms with van der Waals surface area (Å²) in [5, 5.41) is 7.42. The van der Waals surface area contributed by atoms with E-state index in [1.165, 1.54) is 60.8 Å². The third kappa shape index (κ3) is 2.75. The molecule has 9 aromatic rings. The average Bonchev–Trinajstić information content (AvgIpc) is 3.69. The number of para-hydroxylation sites is 3. The van der Waals surface area contributed by atoms with E-state index in [0.717, 1.165) is 22.5 Å². The van der Waals surface area contributed by atoms with Crippen molar-refractivity contribution >= 4 is 65.5 Å². The van der Waals surface area contributed by atoms with Crippen molar-refractivity contribution in [1.29, 1.82) is 0 Å². The molecule has 3 heterocycles. The maximum atomic E-state index is 5.70. The van der Waals surface area contributed by atoms with E-state index in [9.17, 15) is 0 Å². The molecule has 0 saturated carbocycles. The minimum Gasteiger partial charge on any atom is -0.443 e. The van der Waals surface area contributed by atoms with Crippen LogP contribution >= 0.6 is 0 Å². The van der Waals surface area contributed by atoms with Gasteiger partial charge < -0.3 is 13.6 Å². The third-order valence-corrected chi connectivity index (χ3v) is 8.05. The summed E-state index contributed by atoms with van der Waals surface area (Å²) in [6.07, 6.45) is 1.51. The van der Waals surface area contributed by atoms with Gasteiger partial charge in [0, 0.05) is 44.1 Å². The Morgan fingerprint density at radius 3 is 1.64 bits per heavy atom. The number of rotatable bonds is 2. The minimum atomic E-state index is 0.783. The summed E-state index contributed by atoms with van der Waals surface area (Å²) >= 11 is 0. The summed E-state index contributed by atoms with van der Waals surface area (Å²) in [4.78, 5) is 4.33. The van der Waals surface area contributed by atoms with Gasteiger partial charge >= 0.3 is 0 Å². The van der Waals surface area contributed by atoms with Crippen molar-refractivity contribution < 1.29 is 4.42 Å². The number of hydrogen-bond donors (Lipinski definition) is 0. The maximum Gasteiger partial charge on any atom is 0.181 e. The summed E-state index contributed by atoms with van der Waals surface area (Å²) in [5.41, 5.74) is 8.66. The Labute approximate surface area is 222 Å². The number of aromatic nitrogens is 3. The van der Waals surface area contributed by atoms with E-state index in [2.05, 4.69) is 129 Å². The molecule has 0 unspecified atom stereocenters. The summed E-state index contributed by atoms with van der Waals surface area (Å²) in [6.45, 7) is 0. The average molecular weight is 500 g/mol. The minimum absolute atomic E-state index is 0.783. The van der Waals surface area contributed by atoms with Crippen LogP contribution in [0.2, 0.25) is 0 Å². The number of fused-ring (bicyclic) bond motifs is 10. The van der Waals surface area contributed by atoms with Crippen molar-refractivity contribution in [3.05, 3.63) is 128 Å². The fourth-order valence-electron chi connectivity index (χ4n) is 6.42. The number of oxazole rings is 1. The van der Waals surface area contributed by atoms with Gasteiger partial charge in [-0.3, -0.25) is 0 Å². The molecule has 0 aliphatic carbocycles. The Morgan fingerprint density at radius 2 is 1.00 bits per heavy atom. The fourth-order valence-corrected chi connectivity index (χ4v) is 6.42. The van der Waals surface area contributed by atoms with E-state index in [4.69, 9.17) is 4.42 Å². The lowest BCUT2D eigenvalue weighted by atomic mass is 10.0. The summed E-state index contributed by atoms with van der Waals surface area (Å²) in [5.74, 6) is 0. The highest BCUT2D eigenvalue weighted by molar-refractivity contribution is 6.26. The molecule has 0 spiro atoms. The highest BCUT2D eigenvalue weighted by Gasteiger charge is 2.19. The molecule has 0 amide bonds. The van der Waals surface area contributed by atoms with Crippen molar-refractivity contribution in [1.82, 2.24) is 14.1 Å². The number of benzene rings is 6. The van der Waals surface area contributed by atoms with Gasteiger partial charge in [0.15, 0.2) is 12.0 Å². The molecule has 0 aliphatic rings. The van der Waals surface area contributed by atoms with Crippen molar-refractivity contribution in [2.75, 3.05) is 0 Å². The van der Waals surface area contributed by atoms with Gasteiger partial charge in [-0.25, -0.2) is 4.98 Å². The lowest BCUT2D eigenvalue weighted by Crippen LogP contribution is -1.96. The van der Waals surface area contributed by atoms with Crippen LogP contribution in [-0.4, -0.2) is 14.1 Å². The zero-order valence-corrected chi connectivity index (χ0v) is 20.9. The molecule has 3 aromatic heterocycles. The monoisotopic (exact) mass is 499 g/mol. The SMILES string of the molecule is c1ccc(-n2c3ccccc3c3ccc4c(ccc5c6ccccc6n(-c6ccc7ncoc7c6)c54)c32)cc1. The molecule has 0 fully saturated rings. The highest BCUT2D eigenvalue weighted by Crippen LogP contribution is 2.42. The first-order chi connectivity index (χ1) is 19.4. The van der Waals surface area contributed by atoms with Gasteiger partial charge in [0.1, 0.15) is 5.52 Å².